The first kappa shape index (κ1) is 15.0. The van der Waals surface area contributed by atoms with Gasteiger partial charge in [0.2, 0.25) is 5.91 Å². The highest BCUT2D eigenvalue weighted by Gasteiger charge is 2.31. The minimum absolute atomic E-state index is 0.0793. The number of carbonyl (C=O) groups excluding carboxylic acids is 1. The van der Waals surface area contributed by atoms with E-state index in [1.165, 1.54) is 22.5 Å². The largest absolute Gasteiger partial charge is 0.492 e. The predicted octanol–water partition coefficient (Wildman–Crippen LogP) is 3.87. The van der Waals surface area contributed by atoms with Gasteiger partial charge in [0.25, 0.3) is 0 Å². The number of thiazole rings is 1. The number of aromatic nitrogens is 2. The second-order valence-electron chi connectivity index (χ2n) is 5.95. The molecule has 0 aliphatic carbocycles. The van der Waals surface area contributed by atoms with Crippen molar-refractivity contribution >= 4 is 22.4 Å². The molecule has 1 amide bonds. The number of hydrogen-bond acceptors (Lipinski definition) is 4. The summed E-state index contributed by atoms with van der Waals surface area (Å²) >= 11 is 1.42. The van der Waals surface area contributed by atoms with E-state index in [0.29, 0.717) is 11.7 Å². The molecular weight excluding hydrogens is 322 g/mol. The van der Waals surface area contributed by atoms with Gasteiger partial charge in [0.1, 0.15) is 18.3 Å². The van der Waals surface area contributed by atoms with Gasteiger partial charge in [-0.2, -0.15) is 0 Å². The lowest BCUT2D eigenvalue weighted by atomic mass is 9.96. The maximum atomic E-state index is 12.6. The fourth-order valence-corrected chi connectivity index (χ4v) is 3.54. The van der Waals surface area contributed by atoms with Gasteiger partial charge in [-0.1, -0.05) is 6.07 Å². The third-order valence-corrected chi connectivity index (χ3v) is 5.09. The minimum Gasteiger partial charge on any atom is -0.492 e. The fraction of sp³-hybridized carbons (Fsp3) is 0.222. The van der Waals surface area contributed by atoms with Crippen molar-refractivity contribution < 1.29 is 9.53 Å². The molecule has 24 heavy (non-hydrogen) atoms. The highest BCUT2D eigenvalue weighted by Crippen LogP contribution is 2.37. The Morgan fingerprint density at radius 2 is 2.21 bits per heavy atom. The molecule has 0 saturated carbocycles. The van der Waals surface area contributed by atoms with Crippen LogP contribution in [0.2, 0.25) is 0 Å². The first-order valence-corrected chi connectivity index (χ1v) is 8.64. The van der Waals surface area contributed by atoms with Crippen molar-refractivity contribution in [3.8, 4) is 17.1 Å². The van der Waals surface area contributed by atoms with Crippen LogP contribution in [0.15, 0.2) is 35.8 Å². The summed E-state index contributed by atoms with van der Waals surface area (Å²) in [7, 11) is 0. The summed E-state index contributed by atoms with van der Waals surface area (Å²) in [6, 6.07) is 7.93. The molecule has 5 nitrogen and oxygen atoms in total. The number of rotatable bonds is 3. The van der Waals surface area contributed by atoms with Gasteiger partial charge in [0.05, 0.1) is 11.4 Å². The number of hydrogen-bond donors (Lipinski definition) is 2. The maximum absolute atomic E-state index is 12.6. The molecule has 2 aromatic heterocycles. The molecule has 0 radical (unpaired) electrons. The molecule has 0 spiro atoms. The number of ether oxygens (including phenoxy) is 1. The van der Waals surface area contributed by atoms with E-state index < -0.39 is 0 Å². The normalized spacial score (nSPS) is 15.8. The van der Waals surface area contributed by atoms with E-state index in [2.05, 4.69) is 15.3 Å². The predicted molar refractivity (Wildman–Crippen MR) is 94.7 cm³/mol. The van der Waals surface area contributed by atoms with E-state index in [9.17, 15) is 4.79 Å². The molecule has 0 fully saturated rings. The van der Waals surface area contributed by atoms with Crippen molar-refractivity contribution in [3.05, 3.63) is 52.5 Å². The number of aryl methyl sites for hydroxylation is 2. The lowest BCUT2D eigenvalue weighted by Crippen LogP contribution is -2.22. The van der Waals surface area contributed by atoms with E-state index in [0.717, 1.165) is 22.7 Å². The molecule has 4 rings (SSSR count). The van der Waals surface area contributed by atoms with Gasteiger partial charge in [-0.3, -0.25) is 4.79 Å². The van der Waals surface area contributed by atoms with Crippen LogP contribution in [0.1, 0.15) is 22.6 Å². The summed E-state index contributed by atoms with van der Waals surface area (Å²) in [5.41, 5.74) is 5.06. The van der Waals surface area contributed by atoms with Crippen LogP contribution in [0, 0.1) is 13.8 Å². The molecule has 1 aromatic carbocycles. The number of anilines is 1. The van der Waals surface area contributed by atoms with E-state index in [-0.39, 0.29) is 11.8 Å². The summed E-state index contributed by atoms with van der Waals surface area (Å²) in [4.78, 5) is 20.2. The van der Waals surface area contributed by atoms with Crippen molar-refractivity contribution in [1.29, 1.82) is 0 Å². The Morgan fingerprint density at radius 3 is 3.00 bits per heavy atom. The lowest BCUT2D eigenvalue weighted by Gasteiger charge is -2.09. The smallest absolute Gasteiger partial charge is 0.237 e. The summed E-state index contributed by atoms with van der Waals surface area (Å²) in [6.45, 7) is 4.47. The third kappa shape index (κ3) is 2.59. The van der Waals surface area contributed by atoms with Gasteiger partial charge in [0.15, 0.2) is 5.13 Å². The number of amides is 1. The highest BCUT2D eigenvalue weighted by molar-refractivity contribution is 7.14. The number of H-pyrrole nitrogens is 1. The first-order chi connectivity index (χ1) is 11.6. The molecule has 1 aliphatic rings. The summed E-state index contributed by atoms with van der Waals surface area (Å²) in [6.07, 6.45) is 1.85. The molecule has 6 heteroatoms. The Bertz CT molecular complexity index is 899. The number of carbonyl (C=O) groups is 1. The third-order valence-electron chi connectivity index (χ3n) is 4.33. The zero-order valence-electron chi connectivity index (χ0n) is 13.4. The zero-order chi connectivity index (χ0) is 16.7. The van der Waals surface area contributed by atoms with Crippen LogP contribution in [-0.2, 0) is 4.79 Å². The van der Waals surface area contributed by atoms with Crippen molar-refractivity contribution in [2.75, 3.05) is 11.9 Å². The Balaban J connectivity index is 1.53. The first-order valence-electron chi connectivity index (χ1n) is 7.76. The summed E-state index contributed by atoms with van der Waals surface area (Å²) in [5, 5.41) is 5.44. The van der Waals surface area contributed by atoms with Crippen LogP contribution in [-0.4, -0.2) is 22.5 Å². The van der Waals surface area contributed by atoms with Crippen molar-refractivity contribution in [3.63, 3.8) is 0 Å². The molecule has 1 aliphatic heterocycles. The molecular formula is C18H17N3O2S. The van der Waals surface area contributed by atoms with Gasteiger partial charge in [-0.25, -0.2) is 4.98 Å². The second kappa shape index (κ2) is 5.79. The van der Waals surface area contributed by atoms with Gasteiger partial charge >= 0.3 is 0 Å². The topological polar surface area (TPSA) is 67.0 Å². The van der Waals surface area contributed by atoms with Crippen LogP contribution in [0.4, 0.5) is 5.13 Å². The van der Waals surface area contributed by atoms with Crippen LogP contribution in [0.3, 0.4) is 0 Å². The van der Waals surface area contributed by atoms with E-state index in [4.69, 9.17) is 4.74 Å². The Morgan fingerprint density at radius 1 is 1.38 bits per heavy atom. The van der Waals surface area contributed by atoms with Crippen molar-refractivity contribution in [1.82, 2.24) is 9.97 Å². The number of fused-ring (bicyclic) bond motifs is 1. The lowest BCUT2D eigenvalue weighted by molar-refractivity contribution is -0.117. The van der Waals surface area contributed by atoms with E-state index >= 15 is 0 Å². The number of benzene rings is 1. The van der Waals surface area contributed by atoms with Crippen LogP contribution in [0.25, 0.3) is 11.4 Å². The van der Waals surface area contributed by atoms with Crippen molar-refractivity contribution in [2.45, 2.75) is 19.8 Å². The zero-order valence-corrected chi connectivity index (χ0v) is 14.2. The Hall–Kier alpha value is -2.60. The quantitative estimate of drug-likeness (QED) is 0.761. The number of nitrogens with one attached hydrogen (secondary N) is 2. The summed E-state index contributed by atoms with van der Waals surface area (Å²) in [5.74, 6) is 0.436. The van der Waals surface area contributed by atoms with Gasteiger partial charge in [-0.15, -0.1) is 11.3 Å². The van der Waals surface area contributed by atoms with E-state index in [1.54, 1.807) is 0 Å². The fourth-order valence-electron chi connectivity index (χ4n) is 2.83. The van der Waals surface area contributed by atoms with Gasteiger partial charge < -0.3 is 15.0 Å². The minimum atomic E-state index is -0.294. The Kier molecular flexibility index (Phi) is 3.61. The van der Waals surface area contributed by atoms with Crippen molar-refractivity contribution in [2.24, 2.45) is 0 Å². The van der Waals surface area contributed by atoms with Gasteiger partial charge in [0, 0.05) is 17.1 Å². The molecule has 2 N–H and O–H groups in total. The van der Waals surface area contributed by atoms with E-state index in [1.807, 2.05) is 49.7 Å². The molecule has 1 unspecified atom stereocenters. The second-order valence-corrected chi connectivity index (χ2v) is 6.81. The molecule has 0 bridgehead atoms. The van der Waals surface area contributed by atoms with Crippen LogP contribution in [0.5, 0.6) is 5.75 Å². The standard InChI is InChI=1S/C18H17N3O2S/c1-10-6-12-13(8-23-16(12)7-11(10)2)17(22)21-18-20-15(9-24-18)14-4-3-5-19-14/h3-7,9,13,19H,8H2,1-2H3,(H,20,21,22). The SMILES string of the molecule is Cc1cc2c(cc1C)C(C(=O)Nc1nc(-c3ccc[nH]3)cs1)CO2. The number of aromatic amines is 1. The molecule has 3 heterocycles. The average molecular weight is 339 g/mol. The molecule has 1 atom stereocenters. The Labute approximate surface area is 143 Å². The summed E-state index contributed by atoms with van der Waals surface area (Å²) < 4.78 is 5.69. The average Bonchev–Trinajstić information content (AvgIpc) is 3.27. The van der Waals surface area contributed by atoms with Crippen LogP contribution >= 0.6 is 11.3 Å². The molecule has 122 valence electrons. The number of nitrogens with zero attached hydrogens (tertiary/aromatic N) is 1. The molecule has 0 saturated heterocycles. The highest BCUT2D eigenvalue weighted by atomic mass is 32.1. The monoisotopic (exact) mass is 339 g/mol. The molecule has 3 aromatic rings. The van der Waals surface area contributed by atoms with Crippen LogP contribution < -0.4 is 10.1 Å². The maximum Gasteiger partial charge on any atom is 0.237 e. The van der Waals surface area contributed by atoms with Gasteiger partial charge in [-0.05, 0) is 43.2 Å².